The monoisotopic (exact) mass is 342 g/mol. The third kappa shape index (κ3) is 3.57. The molecule has 0 fully saturated rings. The van der Waals surface area contributed by atoms with Gasteiger partial charge in [-0.2, -0.15) is 0 Å². The Morgan fingerprint density at radius 2 is 2.08 bits per heavy atom. The largest absolute Gasteiger partial charge is 0.487 e. The quantitative estimate of drug-likeness (QED) is 0.594. The average Bonchev–Trinajstić information content (AvgIpc) is 2.98. The van der Waals surface area contributed by atoms with Crippen LogP contribution in [0.1, 0.15) is 19.4 Å². The highest BCUT2D eigenvalue weighted by atomic mass is 16.5. The number of nitrogens with one attached hydrogen (secondary N) is 1. The fourth-order valence-corrected chi connectivity index (χ4v) is 2.62. The number of anilines is 1. The minimum absolute atomic E-state index is 0.169. The van der Waals surface area contributed by atoms with Crippen molar-refractivity contribution in [2.75, 3.05) is 26.1 Å². The van der Waals surface area contributed by atoms with Gasteiger partial charge in [0.25, 0.3) is 0 Å². The first-order valence-electron chi connectivity index (χ1n) is 7.99. The van der Waals surface area contributed by atoms with Gasteiger partial charge >= 0.3 is 0 Å². The van der Waals surface area contributed by atoms with Crippen LogP contribution in [0, 0.1) is 0 Å². The van der Waals surface area contributed by atoms with Crippen LogP contribution in [0.4, 0.5) is 5.95 Å². The summed E-state index contributed by atoms with van der Waals surface area (Å²) in [6.07, 6.45) is 3.41. The molecule has 1 aromatic carbocycles. The van der Waals surface area contributed by atoms with E-state index in [1.54, 1.807) is 27.2 Å². The highest BCUT2D eigenvalue weighted by molar-refractivity contribution is 5.96. The molecule has 3 aromatic rings. The number of nitrogens with two attached hydrogens (primary N) is 1. The van der Waals surface area contributed by atoms with Gasteiger partial charge in [-0.3, -0.25) is 0 Å². The zero-order valence-corrected chi connectivity index (χ0v) is 14.5. The van der Waals surface area contributed by atoms with E-state index in [4.69, 9.17) is 15.2 Å². The number of H-pyrrole nitrogens is 1. The van der Waals surface area contributed by atoms with E-state index in [1.807, 2.05) is 24.4 Å². The Hall–Kier alpha value is -2.64. The van der Waals surface area contributed by atoms with Gasteiger partial charge in [-0.1, -0.05) is 6.07 Å². The molecule has 0 atom stereocenters. The van der Waals surface area contributed by atoms with Crippen molar-refractivity contribution in [2.24, 2.45) is 0 Å². The Bertz CT molecular complexity index is 884. The number of rotatable bonds is 6. The van der Waals surface area contributed by atoms with Gasteiger partial charge in [0.2, 0.25) is 5.95 Å². The molecule has 7 nitrogen and oxygen atoms in total. The van der Waals surface area contributed by atoms with Crippen molar-refractivity contribution in [1.82, 2.24) is 15.0 Å². The van der Waals surface area contributed by atoms with Gasteiger partial charge in [-0.15, -0.1) is 0 Å². The molecule has 0 saturated carbocycles. The molecule has 2 aromatic heterocycles. The lowest BCUT2D eigenvalue weighted by atomic mass is 9.96. The summed E-state index contributed by atoms with van der Waals surface area (Å²) in [4.78, 5) is 11.6. The molecule has 0 saturated heterocycles. The molecular formula is C18H22N4O3. The zero-order valence-electron chi connectivity index (χ0n) is 14.5. The number of aromatic nitrogens is 3. The van der Waals surface area contributed by atoms with Gasteiger partial charge in [0.15, 0.2) is 5.75 Å². The number of methoxy groups -OCH3 is 1. The first-order chi connectivity index (χ1) is 11.9. The van der Waals surface area contributed by atoms with Crippen LogP contribution in [-0.2, 0) is 10.3 Å². The number of hydrogen-bond donors (Lipinski definition) is 3. The summed E-state index contributed by atoms with van der Waals surface area (Å²) in [6, 6.07) is 5.77. The molecule has 0 amide bonds. The topological polar surface area (TPSA) is 106 Å². The molecule has 0 radical (unpaired) electrons. The molecule has 0 unspecified atom stereocenters. The van der Waals surface area contributed by atoms with Gasteiger partial charge in [-0.05, 0) is 31.5 Å². The normalized spacial score (nSPS) is 11.8. The predicted molar refractivity (Wildman–Crippen MR) is 96.4 cm³/mol. The Morgan fingerprint density at radius 3 is 2.80 bits per heavy atom. The molecule has 0 bridgehead atoms. The van der Waals surface area contributed by atoms with E-state index in [1.165, 1.54) is 0 Å². The average molecular weight is 342 g/mol. The fraction of sp³-hybridized carbons (Fsp3) is 0.333. The van der Waals surface area contributed by atoms with Crippen LogP contribution in [0.2, 0.25) is 0 Å². The van der Waals surface area contributed by atoms with Crippen molar-refractivity contribution in [3.8, 4) is 17.0 Å². The summed E-state index contributed by atoms with van der Waals surface area (Å²) in [7, 11) is 1.61. The first-order valence-corrected chi connectivity index (χ1v) is 7.99. The van der Waals surface area contributed by atoms with Crippen LogP contribution in [-0.4, -0.2) is 40.4 Å². The molecule has 0 aliphatic heterocycles. The van der Waals surface area contributed by atoms with Crippen molar-refractivity contribution in [1.29, 1.82) is 0 Å². The molecular weight excluding hydrogens is 320 g/mol. The summed E-state index contributed by atoms with van der Waals surface area (Å²) in [6.45, 7) is 4.35. The number of nitrogen functional groups attached to an aromatic ring is 1. The second-order valence-corrected chi connectivity index (χ2v) is 6.30. The van der Waals surface area contributed by atoms with Crippen LogP contribution in [0.15, 0.2) is 30.6 Å². The second kappa shape index (κ2) is 6.70. The molecule has 0 aliphatic rings. The van der Waals surface area contributed by atoms with Crippen molar-refractivity contribution in [2.45, 2.75) is 19.4 Å². The predicted octanol–water partition coefficient (Wildman–Crippen LogP) is 2.46. The summed E-state index contributed by atoms with van der Waals surface area (Å²) in [5, 5.41) is 11.2. The van der Waals surface area contributed by atoms with Crippen molar-refractivity contribution < 1.29 is 14.6 Å². The van der Waals surface area contributed by atoms with E-state index in [0.29, 0.717) is 24.7 Å². The summed E-state index contributed by atoms with van der Waals surface area (Å²) in [5.41, 5.74) is 8.02. The van der Waals surface area contributed by atoms with Gasteiger partial charge < -0.3 is 25.3 Å². The zero-order chi connectivity index (χ0) is 18.0. The lowest BCUT2D eigenvalue weighted by Gasteiger charge is -2.18. The van der Waals surface area contributed by atoms with Crippen molar-refractivity contribution in [3.05, 3.63) is 36.2 Å². The molecule has 3 rings (SSSR count). The number of ether oxygens (including phenoxy) is 2. The molecule has 25 heavy (non-hydrogen) atoms. The first kappa shape index (κ1) is 17.2. The molecule has 0 spiro atoms. The van der Waals surface area contributed by atoms with E-state index < -0.39 is 5.60 Å². The number of nitrogens with zero attached hydrogens (tertiary/aromatic N) is 2. The summed E-state index contributed by atoms with van der Waals surface area (Å²) >= 11 is 0. The smallest absolute Gasteiger partial charge is 0.220 e. The molecule has 0 aliphatic carbocycles. The Kier molecular flexibility index (Phi) is 4.61. The third-order valence-corrected chi connectivity index (χ3v) is 3.96. The van der Waals surface area contributed by atoms with E-state index >= 15 is 0 Å². The van der Waals surface area contributed by atoms with Crippen LogP contribution in [0.25, 0.3) is 22.2 Å². The summed E-state index contributed by atoms with van der Waals surface area (Å²) in [5.74, 6) is 0.697. The maximum Gasteiger partial charge on any atom is 0.220 e. The Morgan fingerprint density at radius 1 is 1.28 bits per heavy atom. The highest BCUT2D eigenvalue weighted by Gasteiger charge is 2.19. The van der Waals surface area contributed by atoms with E-state index in [0.717, 1.165) is 22.0 Å². The van der Waals surface area contributed by atoms with Crippen LogP contribution in [0.5, 0.6) is 5.75 Å². The SMILES string of the molecule is COCCOc1cnc(N)nc1-c1c[nH]c2ccc(C(C)(C)O)cc12. The molecule has 2 heterocycles. The van der Waals surface area contributed by atoms with E-state index in [2.05, 4.69) is 15.0 Å². The van der Waals surface area contributed by atoms with E-state index in [-0.39, 0.29) is 5.95 Å². The number of aliphatic hydroxyl groups is 1. The van der Waals surface area contributed by atoms with Crippen LogP contribution < -0.4 is 10.5 Å². The van der Waals surface area contributed by atoms with Crippen molar-refractivity contribution in [3.63, 3.8) is 0 Å². The Balaban J connectivity index is 2.11. The molecule has 132 valence electrons. The maximum absolute atomic E-state index is 10.3. The van der Waals surface area contributed by atoms with E-state index in [9.17, 15) is 5.11 Å². The third-order valence-electron chi connectivity index (χ3n) is 3.96. The lowest BCUT2D eigenvalue weighted by Crippen LogP contribution is -2.15. The lowest BCUT2D eigenvalue weighted by molar-refractivity contribution is 0.0787. The van der Waals surface area contributed by atoms with Gasteiger partial charge in [0, 0.05) is 29.8 Å². The number of fused-ring (bicyclic) bond motifs is 1. The number of aromatic amines is 1. The van der Waals surface area contributed by atoms with Crippen LogP contribution in [0.3, 0.4) is 0 Å². The minimum atomic E-state index is -0.939. The second-order valence-electron chi connectivity index (χ2n) is 6.30. The molecule has 4 N–H and O–H groups in total. The number of benzene rings is 1. The molecule has 7 heteroatoms. The highest BCUT2D eigenvalue weighted by Crippen LogP contribution is 2.35. The van der Waals surface area contributed by atoms with Crippen molar-refractivity contribution >= 4 is 16.9 Å². The summed E-state index contributed by atoms with van der Waals surface area (Å²) < 4.78 is 10.8. The van der Waals surface area contributed by atoms with Gasteiger partial charge in [0.05, 0.1) is 18.4 Å². The Labute approximate surface area is 145 Å². The van der Waals surface area contributed by atoms with Crippen LogP contribution >= 0.6 is 0 Å². The minimum Gasteiger partial charge on any atom is -0.487 e. The number of hydrogen-bond acceptors (Lipinski definition) is 6. The van der Waals surface area contributed by atoms with Gasteiger partial charge in [0.1, 0.15) is 12.3 Å². The standard InChI is InChI=1S/C18H22N4O3/c1-18(2,23)11-4-5-14-12(8-11)13(9-20-14)16-15(25-7-6-24-3)10-21-17(19)22-16/h4-5,8-10,20,23H,6-7H2,1-3H3,(H2,19,21,22). The van der Waals surface area contributed by atoms with Gasteiger partial charge in [-0.25, -0.2) is 9.97 Å². The maximum atomic E-state index is 10.3. The fourth-order valence-electron chi connectivity index (χ4n) is 2.62.